The highest BCUT2D eigenvalue weighted by Gasteiger charge is 2.50. The lowest BCUT2D eigenvalue weighted by Crippen LogP contribution is -2.64. The van der Waals surface area contributed by atoms with Gasteiger partial charge in [-0.1, -0.05) is 13.8 Å². The second kappa shape index (κ2) is 13.9. The highest BCUT2D eigenvalue weighted by atomic mass is 32.3. The highest BCUT2D eigenvalue weighted by Crippen LogP contribution is 2.36. The van der Waals surface area contributed by atoms with Gasteiger partial charge in [-0.25, -0.2) is 13.2 Å². The predicted octanol–water partition coefficient (Wildman–Crippen LogP) is -3.12. The van der Waals surface area contributed by atoms with Crippen LogP contribution >= 0.6 is 0 Å². The van der Waals surface area contributed by atoms with E-state index in [0.717, 1.165) is 0 Å². The van der Waals surface area contributed by atoms with Gasteiger partial charge in [0.05, 0.1) is 44.7 Å². The number of carbonyl (C=O) groups is 1. The van der Waals surface area contributed by atoms with Crippen molar-refractivity contribution in [3.8, 4) is 0 Å². The molecular formula is C18H33NO18S3. The molecule has 236 valence electrons. The molecular weight excluding hydrogens is 614 g/mol. The summed E-state index contributed by atoms with van der Waals surface area (Å²) in [5, 5.41) is 28.8. The smallest absolute Gasteiger partial charge is 0.397 e. The Morgan fingerprint density at radius 3 is 1.90 bits per heavy atom. The third kappa shape index (κ3) is 10.0. The summed E-state index contributed by atoms with van der Waals surface area (Å²) < 4.78 is 123. The predicted molar refractivity (Wildman–Crippen MR) is 128 cm³/mol. The molecule has 0 amide bonds. The fourth-order valence-electron chi connectivity index (χ4n) is 4.79. The lowest BCUT2D eigenvalue weighted by Gasteiger charge is -2.45. The zero-order chi connectivity index (χ0) is 30.6. The molecule has 0 aliphatic carbocycles. The lowest BCUT2D eigenvalue weighted by atomic mass is 9.76. The molecule has 2 aliphatic heterocycles. The first kappa shape index (κ1) is 35.1. The molecule has 0 aromatic heterocycles. The van der Waals surface area contributed by atoms with Gasteiger partial charge >= 0.3 is 37.1 Å². The van der Waals surface area contributed by atoms with Gasteiger partial charge < -0.3 is 29.5 Å². The van der Waals surface area contributed by atoms with E-state index in [1.54, 1.807) is 18.6 Å². The van der Waals surface area contributed by atoms with Gasteiger partial charge in [0.2, 0.25) is 0 Å². The zero-order valence-corrected chi connectivity index (χ0v) is 23.6. The molecule has 0 bridgehead atoms. The van der Waals surface area contributed by atoms with Gasteiger partial charge in [-0.05, 0) is 11.8 Å². The summed E-state index contributed by atoms with van der Waals surface area (Å²) in [7, 11) is -15.5. The Morgan fingerprint density at radius 1 is 0.800 bits per heavy atom. The standard InChI is InChI=1S/C18H33NO18S3/c1-8-9(2)13(36-17(18(22)23)10(8)3-20)6-33-5-11-14(7-34-39(27,28)29)35-12(4-21)15(19-38(24,25)26)16(11)37-40(30,31)32/h8-17,19-21H,3-7H2,1-2H3,(H,22,23)(H,24,25,26)(H,27,28,29)(H,30,31,32)/t8-,9?,10-,11+,12+,13-,14?,15?,16+,17?/m0/s1. The van der Waals surface area contributed by atoms with Crippen molar-refractivity contribution in [2.75, 3.05) is 33.0 Å². The number of aliphatic hydroxyl groups is 2. The molecule has 0 saturated carbocycles. The SMILES string of the molecule is CC1[C@H](COC[C@@H]2C(COS(=O)(=O)O)O[C@H](CO)C(NS(=O)(=O)O)[C@@H]2OS(=O)(=O)O)OC(C(=O)O)[C@@H](CO)[C@H]1C. The Hall–Kier alpha value is -1.12. The molecule has 40 heavy (non-hydrogen) atoms. The molecule has 2 heterocycles. The van der Waals surface area contributed by atoms with Crippen molar-refractivity contribution in [3.63, 3.8) is 0 Å². The summed E-state index contributed by atoms with van der Waals surface area (Å²) in [6.45, 7) is -0.146. The van der Waals surface area contributed by atoms with E-state index in [1.807, 2.05) is 0 Å². The van der Waals surface area contributed by atoms with Crippen LogP contribution in [0.5, 0.6) is 0 Å². The van der Waals surface area contributed by atoms with Crippen LogP contribution < -0.4 is 4.72 Å². The first-order valence-electron chi connectivity index (χ1n) is 11.6. The van der Waals surface area contributed by atoms with E-state index in [0.29, 0.717) is 0 Å². The number of aliphatic hydroxyl groups excluding tert-OH is 2. The molecule has 7 N–H and O–H groups in total. The summed E-state index contributed by atoms with van der Waals surface area (Å²) in [4.78, 5) is 11.7. The van der Waals surface area contributed by atoms with Crippen LogP contribution in [0.4, 0.5) is 0 Å². The maximum atomic E-state index is 11.7. The van der Waals surface area contributed by atoms with Crippen LogP contribution in [0.2, 0.25) is 0 Å². The van der Waals surface area contributed by atoms with E-state index in [4.69, 9.17) is 18.8 Å². The molecule has 0 spiro atoms. The Kier molecular flexibility index (Phi) is 12.2. The van der Waals surface area contributed by atoms with Crippen LogP contribution in [0.25, 0.3) is 0 Å². The molecule has 10 atom stereocenters. The summed E-state index contributed by atoms with van der Waals surface area (Å²) in [5.41, 5.74) is 0. The van der Waals surface area contributed by atoms with Crippen molar-refractivity contribution in [2.45, 2.75) is 50.4 Å². The maximum Gasteiger partial charge on any atom is 0.397 e. The maximum absolute atomic E-state index is 11.7. The van der Waals surface area contributed by atoms with Gasteiger partial charge in [-0.2, -0.15) is 30.0 Å². The normalized spacial score (nSPS) is 35.9. The monoisotopic (exact) mass is 647 g/mol. The minimum absolute atomic E-state index is 0.353. The van der Waals surface area contributed by atoms with Crippen molar-refractivity contribution in [3.05, 3.63) is 0 Å². The molecule has 2 fully saturated rings. The number of aliphatic carboxylic acids is 1. The van der Waals surface area contributed by atoms with Crippen molar-refractivity contribution >= 4 is 37.1 Å². The van der Waals surface area contributed by atoms with Crippen LogP contribution in [-0.2, 0) is 58.5 Å². The Bertz CT molecular complexity index is 1180. The van der Waals surface area contributed by atoms with Gasteiger partial charge in [0, 0.05) is 18.4 Å². The van der Waals surface area contributed by atoms with E-state index in [9.17, 15) is 54.5 Å². The Balaban J connectivity index is 2.37. The number of rotatable bonds is 14. The van der Waals surface area contributed by atoms with Crippen LogP contribution in [0.15, 0.2) is 0 Å². The minimum atomic E-state index is -5.36. The quantitative estimate of drug-likeness (QED) is 0.0917. The molecule has 0 radical (unpaired) electrons. The first-order valence-corrected chi connectivity index (χ1v) is 15.8. The molecule has 0 aromatic carbocycles. The van der Waals surface area contributed by atoms with Crippen LogP contribution in [-0.4, -0.2) is 130 Å². The highest BCUT2D eigenvalue weighted by molar-refractivity contribution is 7.83. The lowest BCUT2D eigenvalue weighted by molar-refractivity contribution is -0.201. The largest absolute Gasteiger partial charge is 0.479 e. The van der Waals surface area contributed by atoms with Gasteiger partial charge in [-0.3, -0.25) is 13.7 Å². The topological polar surface area (TPSA) is 299 Å². The Morgan fingerprint density at radius 2 is 1.43 bits per heavy atom. The summed E-state index contributed by atoms with van der Waals surface area (Å²) in [6, 6.07) is -1.90. The van der Waals surface area contributed by atoms with E-state index >= 15 is 0 Å². The third-order valence-corrected chi connectivity index (χ3v) is 8.40. The molecule has 22 heteroatoms. The fourth-order valence-corrected chi connectivity index (χ4v) is 6.27. The average Bonchev–Trinajstić information content (AvgIpc) is 2.80. The molecule has 2 aliphatic rings. The van der Waals surface area contributed by atoms with E-state index in [1.165, 1.54) is 0 Å². The van der Waals surface area contributed by atoms with Gasteiger partial charge in [-0.15, -0.1) is 0 Å². The van der Waals surface area contributed by atoms with Crippen molar-refractivity contribution in [1.29, 1.82) is 0 Å². The Labute approximate surface area is 230 Å². The number of hydrogen-bond acceptors (Lipinski definition) is 14. The van der Waals surface area contributed by atoms with Crippen LogP contribution in [0.3, 0.4) is 0 Å². The molecule has 2 rings (SSSR count). The number of ether oxygens (including phenoxy) is 3. The zero-order valence-electron chi connectivity index (χ0n) is 21.1. The van der Waals surface area contributed by atoms with Crippen LogP contribution in [0.1, 0.15) is 13.8 Å². The molecule has 4 unspecified atom stereocenters. The van der Waals surface area contributed by atoms with Crippen molar-refractivity contribution < 1.29 is 81.6 Å². The van der Waals surface area contributed by atoms with E-state index in [2.05, 4.69) is 8.37 Å². The number of nitrogens with one attached hydrogen (secondary N) is 1. The van der Waals surface area contributed by atoms with Gasteiger partial charge in [0.25, 0.3) is 0 Å². The number of hydrogen-bond donors (Lipinski definition) is 7. The molecule has 2 saturated heterocycles. The van der Waals surface area contributed by atoms with E-state index in [-0.39, 0.29) is 18.4 Å². The average molecular weight is 648 g/mol. The third-order valence-electron chi connectivity index (χ3n) is 6.93. The molecule has 0 aromatic rings. The summed E-state index contributed by atoms with van der Waals surface area (Å²) >= 11 is 0. The van der Waals surface area contributed by atoms with Gasteiger partial charge in [0.15, 0.2) is 6.10 Å². The van der Waals surface area contributed by atoms with Gasteiger partial charge in [0.1, 0.15) is 12.2 Å². The molecule has 19 nitrogen and oxygen atoms in total. The van der Waals surface area contributed by atoms with Crippen molar-refractivity contribution in [1.82, 2.24) is 4.72 Å². The minimum Gasteiger partial charge on any atom is -0.479 e. The first-order chi connectivity index (χ1) is 18.3. The number of carboxylic acid groups (broad SMARTS) is 1. The fraction of sp³-hybridized carbons (Fsp3) is 0.944. The second-order valence-corrected chi connectivity index (χ2v) is 12.7. The number of carboxylic acids is 1. The van der Waals surface area contributed by atoms with Crippen molar-refractivity contribution in [2.24, 2.45) is 23.7 Å². The summed E-state index contributed by atoms with van der Waals surface area (Å²) in [6.07, 6.45) is -7.59. The van der Waals surface area contributed by atoms with E-state index < -0.39 is 112 Å². The summed E-state index contributed by atoms with van der Waals surface area (Å²) in [5.74, 6) is -4.32. The second-order valence-electron chi connectivity index (χ2n) is 9.41. The van der Waals surface area contributed by atoms with Crippen LogP contribution in [0, 0.1) is 23.7 Å².